The Kier molecular flexibility index (Phi) is 33.4. The summed E-state index contributed by atoms with van der Waals surface area (Å²) in [6.45, 7) is 8.92. The van der Waals surface area contributed by atoms with E-state index in [1.165, 1.54) is 161 Å². The van der Waals surface area contributed by atoms with Crippen molar-refractivity contribution in [3.63, 3.8) is 0 Å². The van der Waals surface area contributed by atoms with Crippen molar-refractivity contribution in [2.75, 3.05) is 33.5 Å². The lowest BCUT2D eigenvalue weighted by molar-refractivity contribution is -0.138. The van der Waals surface area contributed by atoms with Gasteiger partial charge < -0.3 is 14.4 Å². The van der Waals surface area contributed by atoms with Crippen LogP contribution in [0.3, 0.4) is 0 Å². The van der Waals surface area contributed by atoms with E-state index >= 15 is 0 Å². The molecular weight excluding hydrogens is 506 g/mol. The molecule has 0 N–H and O–H groups in total. The van der Waals surface area contributed by atoms with Crippen LogP contribution in [0.1, 0.15) is 194 Å². The summed E-state index contributed by atoms with van der Waals surface area (Å²) in [5.41, 5.74) is 0. The van der Waals surface area contributed by atoms with Gasteiger partial charge in [0.2, 0.25) is 5.91 Å². The van der Waals surface area contributed by atoms with Gasteiger partial charge in [-0.25, -0.2) is 0 Å². The molecule has 0 fully saturated rings. The normalized spacial score (nSPS) is 12.2. The Hall–Kier alpha value is -0.610. The van der Waals surface area contributed by atoms with Crippen LogP contribution < -0.4 is 0 Å². The molecular formula is C37H75NO3. The van der Waals surface area contributed by atoms with E-state index in [1.807, 2.05) is 0 Å². The Morgan fingerprint density at radius 3 is 1.29 bits per heavy atom. The van der Waals surface area contributed by atoms with Gasteiger partial charge in [-0.15, -0.1) is 0 Å². The molecule has 0 aliphatic rings. The smallest absolute Gasteiger partial charge is 0.248 e. The van der Waals surface area contributed by atoms with E-state index in [-0.39, 0.29) is 12.5 Å². The summed E-state index contributed by atoms with van der Waals surface area (Å²) in [5.74, 6) is 0.155. The molecule has 0 aliphatic carbocycles. The second-order valence-electron chi connectivity index (χ2n) is 12.8. The molecule has 0 saturated heterocycles. The lowest BCUT2D eigenvalue weighted by Crippen LogP contribution is -2.41. The molecule has 0 bridgehead atoms. The van der Waals surface area contributed by atoms with E-state index < -0.39 is 0 Å². The van der Waals surface area contributed by atoms with E-state index in [2.05, 4.69) is 25.7 Å². The minimum atomic E-state index is 0.155. The Labute approximate surface area is 258 Å². The van der Waals surface area contributed by atoms with Gasteiger partial charge in [0.1, 0.15) is 6.61 Å². The van der Waals surface area contributed by atoms with E-state index in [9.17, 15) is 4.79 Å². The van der Waals surface area contributed by atoms with Crippen molar-refractivity contribution in [3.8, 4) is 0 Å². The minimum absolute atomic E-state index is 0.155. The van der Waals surface area contributed by atoms with Gasteiger partial charge in [0, 0.05) is 19.7 Å². The largest absolute Gasteiger partial charge is 0.382 e. The molecule has 0 aromatic heterocycles. The zero-order chi connectivity index (χ0) is 30.1. The number of hydrogen-bond acceptors (Lipinski definition) is 3. The number of hydrogen-bond donors (Lipinski definition) is 0. The molecule has 1 amide bonds. The first kappa shape index (κ1) is 40.4. The number of unbranched alkanes of at least 4 members (excludes halogenated alkanes) is 24. The number of nitrogens with zero attached hydrogens (tertiary/aromatic N) is 1. The zero-order valence-electron chi connectivity index (χ0n) is 28.7. The molecule has 0 aromatic rings. The maximum atomic E-state index is 13.0. The van der Waals surface area contributed by atoms with Crippen molar-refractivity contribution in [1.82, 2.24) is 4.90 Å². The quantitative estimate of drug-likeness (QED) is 0.0709. The maximum absolute atomic E-state index is 13.0. The predicted octanol–water partition coefficient (Wildman–Crippen LogP) is 11.4. The van der Waals surface area contributed by atoms with E-state index in [0.29, 0.717) is 19.3 Å². The number of carbonyl (C=O) groups excluding carboxylic acids is 1. The van der Waals surface area contributed by atoms with Crippen molar-refractivity contribution < 1.29 is 14.3 Å². The monoisotopic (exact) mass is 582 g/mol. The summed E-state index contributed by atoms with van der Waals surface area (Å²) in [6.07, 6.45) is 36.7. The first-order chi connectivity index (χ1) is 20.2. The van der Waals surface area contributed by atoms with Gasteiger partial charge in [0.15, 0.2) is 0 Å². The SMILES string of the molecule is CCCCCCCCCCCCCCCCN(C(=O)COCCOC)C(C)CCCCCCCCCCCCCC. The fourth-order valence-corrected chi connectivity index (χ4v) is 5.89. The highest BCUT2D eigenvalue weighted by Crippen LogP contribution is 2.17. The van der Waals surface area contributed by atoms with Crippen LogP contribution in [0.5, 0.6) is 0 Å². The number of methoxy groups -OCH3 is 1. The topological polar surface area (TPSA) is 38.8 Å². The van der Waals surface area contributed by atoms with Crippen LogP contribution >= 0.6 is 0 Å². The molecule has 41 heavy (non-hydrogen) atoms. The van der Waals surface area contributed by atoms with Crippen molar-refractivity contribution in [2.45, 2.75) is 200 Å². The third-order valence-electron chi connectivity index (χ3n) is 8.74. The maximum Gasteiger partial charge on any atom is 0.248 e. The molecule has 4 nitrogen and oxygen atoms in total. The Morgan fingerprint density at radius 1 is 0.537 bits per heavy atom. The highest BCUT2D eigenvalue weighted by molar-refractivity contribution is 5.77. The molecule has 0 aliphatic heterocycles. The van der Waals surface area contributed by atoms with E-state index in [0.717, 1.165) is 19.4 Å². The molecule has 0 rings (SSSR count). The van der Waals surface area contributed by atoms with Gasteiger partial charge >= 0.3 is 0 Å². The van der Waals surface area contributed by atoms with Crippen LogP contribution in [0.15, 0.2) is 0 Å². The standard InChI is InChI=1S/C37H75NO3/c1-5-7-9-11-13-15-17-19-20-22-24-26-28-30-32-38(37(39)35-41-34-33-40-4)36(3)31-29-27-25-23-21-18-16-14-12-10-8-6-2/h36H,5-35H2,1-4H3. The minimum Gasteiger partial charge on any atom is -0.382 e. The zero-order valence-corrected chi connectivity index (χ0v) is 28.7. The second-order valence-corrected chi connectivity index (χ2v) is 12.8. The van der Waals surface area contributed by atoms with Crippen molar-refractivity contribution in [3.05, 3.63) is 0 Å². The van der Waals surface area contributed by atoms with E-state index in [4.69, 9.17) is 9.47 Å². The molecule has 246 valence electrons. The summed E-state index contributed by atoms with van der Waals surface area (Å²) in [6, 6.07) is 0.304. The third kappa shape index (κ3) is 29.2. The average molecular weight is 582 g/mol. The molecule has 0 spiro atoms. The number of amides is 1. The Bertz CT molecular complexity index is 512. The highest BCUT2D eigenvalue weighted by atomic mass is 16.5. The first-order valence-electron chi connectivity index (χ1n) is 18.5. The number of rotatable bonds is 34. The van der Waals surface area contributed by atoms with Gasteiger partial charge in [0.05, 0.1) is 13.2 Å². The lowest BCUT2D eigenvalue weighted by atomic mass is 10.0. The van der Waals surface area contributed by atoms with Crippen LogP contribution in [0.2, 0.25) is 0 Å². The van der Waals surface area contributed by atoms with Crippen LogP contribution in [-0.2, 0) is 14.3 Å². The Balaban J connectivity index is 4.01. The van der Waals surface area contributed by atoms with E-state index in [1.54, 1.807) is 7.11 Å². The lowest BCUT2D eigenvalue weighted by Gasteiger charge is -2.29. The summed E-state index contributed by atoms with van der Waals surface area (Å²) in [4.78, 5) is 15.1. The fraction of sp³-hybridized carbons (Fsp3) is 0.973. The average Bonchev–Trinajstić information content (AvgIpc) is 2.97. The van der Waals surface area contributed by atoms with Crippen LogP contribution in [0, 0.1) is 0 Å². The summed E-state index contributed by atoms with van der Waals surface area (Å²) in [7, 11) is 1.67. The third-order valence-corrected chi connectivity index (χ3v) is 8.74. The van der Waals surface area contributed by atoms with Gasteiger partial charge in [0.25, 0.3) is 0 Å². The Morgan fingerprint density at radius 2 is 0.902 bits per heavy atom. The molecule has 0 aromatic carbocycles. The number of carbonyl (C=O) groups is 1. The van der Waals surface area contributed by atoms with Gasteiger partial charge in [-0.05, 0) is 19.8 Å². The molecule has 0 heterocycles. The summed E-state index contributed by atoms with van der Waals surface area (Å²) >= 11 is 0. The predicted molar refractivity (Wildman–Crippen MR) is 180 cm³/mol. The summed E-state index contributed by atoms with van der Waals surface area (Å²) < 4.78 is 10.7. The van der Waals surface area contributed by atoms with Crippen LogP contribution in [0.4, 0.5) is 0 Å². The second kappa shape index (κ2) is 33.9. The fourth-order valence-electron chi connectivity index (χ4n) is 5.89. The van der Waals surface area contributed by atoms with Gasteiger partial charge in [-0.3, -0.25) is 4.79 Å². The highest BCUT2D eigenvalue weighted by Gasteiger charge is 2.19. The first-order valence-corrected chi connectivity index (χ1v) is 18.5. The molecule has 0 radical (unpaired) electrons. The number of ether oxygens (including phenoxy) is 2. The van der Waals surface area contributed by atoms with Crippen LogP contribution in [0.25, 0.3) is 0 Å². The molecule has 0 saturated carbocycles. The molecule has 1 atom stereocenters. The van der Waals surface area contributed by atoms with Crippen molar-refractivity contribution in [2.24, 2.45) is 0 Å². The molecule has 1 unspecified atom stereocenters. The van der Waals surface area contributed by atoms with Gasteiger partial charge in [-0.2, -0.15) is 0 Å². The van der Waals surface area contributed by atoms with Crippen LogP contribution in [-0.4, -0.2) is 50.3 Å². The van der Waals surface area contributed by atoms with Crippen molar-refractivity contribution in [1.29, 1.82) is 0 Å². The van der Waals surface area contributed by atoms with Crippen molar-refractivity contribution >= 4 is 5.91 Å². The molecule has 4 heteroatoms. The summed E-state index contributed by atoms with van der Waals surface area (Å²) in [5, 5.41) is 0. The van der Waals surface area contributed by atoms with Gasteiger partial charge in [-0.1, -0.05) is 174 Å².